The number of carbonyl (C=O) groups is 3. The van der Waals surface area contributed by atoms with Crippen LogP contribution in [0.2, 0.25) is 0 Å². The van der Waals surface area contributed by atoms with Crippen LogP contribution in [0.5, 0.6) is 0 Å². The zero-order valence-corrected chi connectivity index (χ0v) is 18.8. The van der Waals surface area contributed by atoms with Gasteiger partial charge in [-0.2, -0.15) is 0 Å². The first-order valence-corrected chi connectivity index (χ1v) is 10.7. The van der Waals surface area contributed by atoms with Gasteiger partial charge in [0, 0.05) is 6.54 Å². The van der Waals surface area contributed by atoms with E-state index in [9.17, 15) is 19.5 Å². The van der Waals surface area contributed by atoms with Gasteiger partial charge in [0.1, 0.15) is 11.6 Å². The maximum Gasteiger partial charge on any atom is 0.248 e. The van der Waals surface area contributed by atoms with Crippen molar-refractivity contribution in [3.63, 3.8) is 0 Å². The molecule has 29 heavy (non-hydrogen) atoms. The third-order valence-electron chi connectivity index (χ3n) is 5.17. The second-order valence-corrected chi connectivity index (χ2v) is 9.52. The monoisotopic (exact) mass is 412 g/mol. The van der Waals surface area contributed by atoms with Crippen LogP contribution in [0.3, 0.4) is 0 Å². The fourth-order valence-electron chi connectivity index (χ4n) is 3.76. The number of hydrogen-bond acceptors (Lipinski definition) is 5. The van der Waals surface area contributed by atoms with Crippen LogP contribution in [0.4, 0.5) is 0 Å². The van der Waals surface area contributed by atoms with Crippen molar-refractivity contribution >= 4 is 17.7 Å². The minimum atomic E-state index is -1.16. The van der Waals surface area contributed by atoms with Gasteiger partial charge < -0.3 is 26.4 Å². The van der Waals surface area contributed by atoms with Crippen LogP contribution in [0, 0.1) is 11.8 Å². The van der Waals surface area contributed by atoms with Crippen LogP contribution < -0.4 is 16.4 Å². The molecule has 168 valence electrons. The summed E-state index contributed by atoms with van der Waals surface area (Å²) in [7, 11) is 0. The first-order valence-electron chi connectivity index (χ1n) is 10.7. The summed E-state index contributed by atoms with van der Waals surface area (Å²) in [5.41, 5.74) is 4.78. The van der Waals surface area contributed by atoms with Gasteiger partial charge in [0.25, 0.3) is 0 Å². The second-order valence-electron chi connectivity index (χ2n) is 9.52. The molecule has 1 heterocycles. The van der Waals surface area contributed by atoms with Gasteiger partial charge in [0.2, 0.25) is 17.7 Å². The van der Waals surface area contributed by atoms with Crippen LogP contribution in [0.15, 0.2) is 0 Å². The highest BCUT2D eigenvalue weighted by molar-refractivity contribution is 5.95. The summed E-state index contributed by atoms with van der Waals surface area (Å²) >= 11 is 0. The van der Waals surface area contributed by atoms with Crippen molar-refractivity contribution in [3.8, 4) is 0 Å². The number of nitrogens with two attached hydrogens (primary N) is 1. The first kappa shape index (κ1) is 25.4. The lowest BCUT2D eigenvalue weighted by molar-refractivity contribution is -0.145. The molecule has 0 unspecified atom stereocenters. The van der Waals surface area contributed by atoms with Crippen LogP contribution >= 0.6 is 0 Å². The number of aliphatic hydroxyl groups excluding tert-OH is 1. The highest BCUT2D eigenvalue weighted by Gasteiger charge is 2.42. The number of hydrogen-bond donors (Lipinski definition) is 4. The minimum absolute atomic E-state index is 0.139. The standard InChI is InChI=1S/C21H40N4O4/c1-13(2)10-15(12-26)23-19(28)17-8-7-9-25(17)20(29)21(5,6)24-18(27)16(22)11-14(3)4/h13-17,26H,7-12,22H2,1-6H3,(H,23,28)(H,24,27)/t15-,16-,17-/m0/s1. The van der Waals surface area contributed by atoms with E-state index in [1.807, 2.05) is 27.7 Å². The molecule has 3 atom stereocenters. The van der Waals surface area contributed by atoms with Crippen molar-refractivity contribution in [2.45, 2.75) is 90.9 Å². The number of aliphatic hydroxyl groups is 1. The Labute approximate surface area is 175 Å². The third-order valence-corrected chi connectivity index (χ3v) is 5.17. The average molecular weight is 413 g/mol. The molecule has 1 aliphatic heterocycles. The van der Waals surface area contributed by atoms with E-state index in [1.54, 1.807) is 13.8 Å². The van der Waals surface area contributed by atoms with E-state index < -0.39 is 17.6 Å². The van der Waals surface area contributed by atoms with Gasteiger partial charge in [0.05, 0.1) is 18.7 Å². The van der Waals surface area contributed by atoms with Crippen molar-refractivity contribution in [2.75, 3.05) is 13.2 Å². The molecule has 0 spiro atoms. The normalized spacial score (nSPS) is 19.4. The molecule has 1 rings (SSSR count). The number of nitrogens with zero attached hydrogens (tertiary/aromatic N) is 1. The molecule has 5 N–H and O–H groups in total. The maximum absolute atomic E-state index is 13.1. The van der Waals surface area contributed by atoms with E-state index in [2.05, 4.69) is 10.6 Å². The summed E-state index contributed by atoms with van der Waals surface area (Å²) in [6.07, 6.45) is 2.48. The minimum Gasteiger partial charge on any atom is -0.394 e. The lowest BCUT2D eigenvalue weighted by atomic mass is 9.99. The summed E-state index contributed by atoms with van der Waals surface area (Å²) in [6.45, 7) is 11.6. The fourth-order valence-corrected chi connectivity index (χ4v) is 3.76. The quantitative estimate of drug-likeness (QED) is 0.422. The van der Waals surface area contributed by atoms with Crippen molar-refractivity contribution in [3.05, 3.63) is 0 Å². The van der Waals surface area contributed by atoms with Gasteiger partial charge in [-0.15, -0.1) is 0 Å². The smallest absolute Gasteiger partial charge is 0.248 e. The van der Waals surface area contributed by atoms with Gasteiger partial charge in [-0.25, -0.2) is 0 Å². The van der Waals surface area contributed by atoms with E-state index in [4.69, 9.17) is 5.73 Å². The van der Waals surface area contributed by atoms with Crippen molar-refractivity contribution in [1.29, 1.82) is 0 Å². The molecule has 1 fully saturated rings. The molecule has 1 saturated heterocycles. The topological polar surface area (TPSA) is 125 Å². The van der Waals surface area contributed by atoms with E-state index in [-0.39, 0.29) is 36.3 Å². The predicted octanol–water partition coefficient (Wildman–Crippen LogP) is 0.769. The number of rotatable bonds is 10. The van der Waals surface area contributed by atoms with E-state index in [0.29, 0.717) is 38.1 Å². The molecule has 0 aromatic carbocycles. The lowest BCUT2D eigenvalue weighted by Crippen LogP contribution is -2.61. The molecule has 0 radical (unpaired) electrons. The average Bonchev–Trinajstić information content (AvgIpc) is 3.08. The SMILES string of the molecule is CC(C)C[C@@H](CO)NC(=O)[C@@H]1CCCN1C(=O)C(C)(C)NC(=O)[C@@H](N)CC(C)C. The molecule has 0 aromatic heterocycles. The van der Waals surface area contributed by atoms with Crippen LogP contribution in [-0.2, 0) is 14.4 Å². The van der Waals surface area contributed by atoms with Gasteiger partial charge in [0.15, 0.2) is 0 Å². The molecule has 8 nitrogen and oxygen atoms in total. The highest BCUT2D eigenvalue weighted by atomic mass is 16.3. The van der Waals surface area contributed by atoms with E-state index in [1.165, 1.54) is 4.90 Å². The van der Waals surface area contributed by atoms with Crippen LogP contribution in [-0.4, -0.2) is 64.5 Å². The Bertz CT molecular complexity index is 577. The van der Waals surface area contributed by atoms with Crippen LogP contribution in [0.25, 0.3) is 0 Å². The Kier molecular flexibility index (Phi) is 9.55. The number of amides is 3. The van der Waals surface area contributed by atoms with Crippen LogP contribution in [0.1, 0.15) is 67.2 Å². The Balaban J connectivity index is 2.80. The molecule has 0 saturated carbocycles. The van der Waals surface area contributed by atoms with Gasteiger partial charge in [-0.05, 0) is 51.4 Å². The van der Waals surface area contributed by atoms with Crippen molar-refractivity contribution in [2.24, 2.45) is 17.6 Å². The predicted molar refractivity (Wildman–Crippen MR) is 113 cm³/mol. The second kappa shape index (κ2) is 10.9. The van der Waals surface area contributed by atoms with E-state index in [0.717, 1.165) is 0 Å². The van der Waals surface area contributed by atoms with Gasteiger partial charge in [-0.1, -0.05) is 27.7 Å². The first-order chi connectivity index (χ1) is 13.4. The van der Waals surface area contributed by atoms with Gasteiger partial charge in [-0.3, -0.25) is 14.4 Å². The summed E-state index contributed by atoms with van der Waals surface area (Å²) in [6, 6.07) is -1.60. The summed E-state index contributed by atoms with van der Waals surface area (Å²) in [4.78, 5) is 39.8. The maximum atomic E-state index is 13.1. The largest absolute Gasteiger partial charge is 0.394 e. The number of likely N-dealkylation sites (tertiary alicyclic amines) is 1. The molecule has 8 heteroatoms. The molecular formula is C21H40N4O4. The summed E-state index contributed by atoms with van der Waals surface area (Å²) in [5.74, 6) is -0.321. The molecule has 0 aromatic rings. The van der Waals surface area contributed by atoms with Gasteiger partial charge >= 0.3 is 0 Å². The summed E-state index contributed by atoms with van der Waals surface area (Å²) < 4.78 is 0. The zero-order chi connectivity index (χ0) is 22.4. The van der Waals surface area contributed by atoms with Crippen molar-refractivity contribution in [1.82, 2.24) is 15.5 Å². The van der Waals surface area contributed by atoms with Crippen molar-refractivity contribution < 1.29 is 19.5 Å². The third kappa shape index (κ3) is 7.59. The lowest BCUT2D eigenvalue weighted by Gasteiger charge is -2.34. The molecule has 0 bridgehead atoms. The number of carbonyl (C=O) groups excluding carboxylic acids is 3. The Hall–Kier alpha value is -1.67. The molecular weight excluding hydrogens is 372 g/mol. The zero-order valence-electron chi connectivity index (χ0n) is 18.8. The van der Waals surface area contributed by atoms with E-state index >= 15 is 0 Å². The summed E-state index contributed by atoms with van der Waals surface area (Å²) in [5, 5.41) is 15.1. The Morgan fingerprint density at radius 1 is 1.14 bits per heavy atom. The Morgan fingerprint density at radius 2 is 1.72 bits per heavy atom. The fraction of sp³-hybridized carbons (Fsp3) is 0.857. The molecule has 3 amide bonds. The molecule has 0 aliphatic carbocycles. The highest BCUT2D eigenvalue weighted by Crippen LogP contribution is 2.22. The molecule has 1 aliphatic rings. The Morgan fingerprint density at radius 3 is 2.24 bits per heavy atom. The number of nitrogens with one attached hydrogen (secondary N) is 2.